The van der Waals surface area contributed by atoms with E-state index in [9.17, 15) is 0 Å². The summed E-state index contributed by atoms with van der Waals surface area (Å²) in [6, 6.07) is 0. The van der Waals surface area contributed by atoms with E-state index in [0.29, 0.717) is 0 Å². The molecule has 0 aromatic rings. The van der Waals surface area contributed by atoms with Crippen molar-refractivity contribution < 1.29 is 24.0 Å². The molecule has 11 heavy (non-hydrogen) atoms. The zero-order valence-electron chi connectivity index (χ0n) is 7.59. The van der Waals surface area contributed by atoms with Crippen molar-refractivity contribution in [1.82, 2.24) is 0 Å². The van der Waals surface area contributed by atoms with E-state index in [-0.39, 0.29) is 28.3 Å². The molecular weight excluding hydrogens is 214 g/mol. The summed E-state index contributed by atoms with van der Waals surface area (Å²) in [6.45, 7) is 4.35. The molecule has 0 aromatic carbocycles. The summed E-state index contributed by atoms with van der Waals surface area (Å²) in [6.07, 6.45) is 0. The third kappa shape index (κ3) is 89.8. The van der Waals surface area contributed by atoms with Gasteiger partial charge in [-0.15, -0.1) is 0 Å². The van der Waals surface area contributed by atoms with Gasteiger partial charge in [-0.3, -0.25) is 0 Å². The Morgan fingerprint density at radius 2 is 1.36 bits per heavy atom. The molecule has 0 aliphatic rings. The minimum Gasteiger partial charge on any atom is -0.553 e. The first-order chi connectivity index (χ1) is 3.68. The van der Waals surface area contributed by atoms with Gasteiger partial charge in [0, 0.05) is 0 Å². The smallest absolute Gasteiger partial charge is 0.398 e. The molecule has 0 aliphatic carbocycles. The highest BCUT2D eigenvalue weighted by Crippen LogP contribution is 1.72. The van der Waals surface area contributed by atoms with E-state index in [1.165, 1.54) is 0 Å². The average Bonchev–Trinajstić information content (AvgIpc) is 1.69. The molecule has 0 saturated carbocycles. The van der Waals surface area contributed by atoms with Crippen molar-refractivity contribution in [2.75, 3.05) is 0 Å². The van der Waals surface area contributed by atoms with Gasteiger partial charge in [-0.25, -0.2) is 0 Å². The second-order valence-electron chi connectivity index (χ2n) is 1.43. The second-order valence-corrected chi connectivity index (χ2v) is 5.69. The molecule has 0 heterocycles. The topological polar surface area (TPSA) is 113 Å². The largest absolute Gasteiger partial charge is 0.553 e. The minimum atomic E-state index is -1.58. The van der Waals surface area contributed by atoms with E-state index in [4.69, 9.17) is 13.1 Å². The Hall–Kier alpha value is 1.30. The van der Waals surface area contributed by atoms with E-state index in [2.05, 4.69) is 13.1 Å². The zero-order chi connectivity index (χ0) is 6.99. The van der Waals surface area contributed by atoms with Crippen LogP contribution in [0.3, 0.4) is 0 Å². The summed E-state index contributed by atoms with van der Waals surface area (Å²) in [5.41, 5.74) is 0. The van der Waals surface area contributed by atoms with E-state index in [1.807, 2.05) is 0 Å². The lowest BCUT2D eigenvalue weighted by atomic mass is 11.9. The number of hydrogen-bond acceptors (Lipinski definition) is 3. The Labute approximate surface area is 90.1 Å². The average molecular weight is 233 g/mol. The van der Waals surface area contributed by atoms with Crippen LogP contribution in [-0.2, 0) is 3.48 Å². The Morgan fingerprint density at radius 1 is 1.27 bits per heavy atom. The van der Waals surface area contributed by atoms with Crippen LogP contribution in [-0.4, -0.2) is 73.6 Å². The van der Waals surface area contributed by atoms with Crippen molar-refractivity contribution in [3.8, 4) is 0 Å². The molecule has 0 amide bonds. The van der Waals surface area contributed by atoms with E-state index >= 15 is 0 Å². The molecule has 6 N–H and O–H groups in total. The van der Waals surface area contributed by atoms with Gasteiger partial charge in [-0.05, 0) is 0 Å². The molecule has 0 fully saturated rings. The molecular formula is C2H19Al2O5Si2. The van der Waals surface area contributed by atoms with Crippen molar-refractivity contribution in [3.05, 3.63) is 0 Å². The van der Waals surface area contributed by atoms with E-state index in [0.717, 1.165) is 16.6 Å². The van der Waals surface area contributed by atoms with Crippen LogP contribution in [0.15, 0.2) is 0 Å². The van der Waals surface area contributed by atoms with Crippen molar-refractivity contribution in [2.45, 2.75) is 13.1 Å². The molecule has 0 saturated heterocycles. The maximum absolute atomic E-state index is 7.26. The molecule has 1 radical (unpaired) electrons. The fourth-order valence-electron chi connectivity index (χ4n) is 0. The number of rotatable bonds is 1. The molecule has 0 aliphatic heterocycles. The second kappa shape index (κ2) is 30.2. The molecule has 0 rings (SSSR count). The summed E-state index contributed by atoms with van der Waals surface area (Å²) in [7, 11) is -2.17. The SMILES string of the molecule is C[SiH](C)[O][AlH2].O.O.O[SiH2]O.[AlH2]. The fraction of sp³-hybridized carbons (Fsp3) is 1.00. The van der Waals surface area contributed by atoms with Gasteiger partial charge in [0.2, 0.25) is 0 Å². The van der Waals surface area contributed by atoms with Crippen LogP contribution < -0.4 is 0 Å². The van der Waals surface area contributed by atoms with Gasteiger partial charge in [-0.2, -0.15) is 0 Å². The van der Waals surface area contributed by atoms with Gasteiger partial charge >= 0.3 is 16.6 Å². The summed E-state index contributed by atoms with van der Waals surface area (Å²) in [5, 5.41) is 0. The van der Waals surface area contributed by atoms with E-state index < -0.39 is 19.0 Å². The van der Waals surface area contributed by atoms with Crippen LogP contribution in [0.25, 0.3) is 0 Å². The van der Waals surface area contributed by atoms with Gasteiger partial charge in [-0.1, -0.05) is 13.1 Å². The van der Waals surface area contributed by atoms with E-state index in [1.54, 1.807) is 0 Å². The van der Waals surface area contributed by atoms with Crippen LogP contribution in [0, 0.1) is 0 Å². The van der Waals surface area contributed by atoms with Crippen molar-refractivity contribution in [3.63, 3.8) is 0 Å². The van der Waals surface area contributed by atoms with Gasteiger partial charge in [0.15, 0.2) is 0 Å². The maximum Gasteiger partial charge on any atom is 0.398 e. The predicted molar refractivity (Wildman–Crippen MR) is 57.3 cm³/mol. The number of hydrogen-bond donors (Lipinski definition) is 2. The van der Waals surface area contributed by atoms with Gasteiger partial charge in [0.25, 0.3) is 10.0 Å². The molecule has 0 bridgehead atoms. The van der Waals surface area contributed by atoms with Crippen LogP contribution in [0.4, 0.5) is 0 Å². The molecule has 0 aromatic heterocycles. The summed E-state index contributed by atoms with van der Waals surface area (Å²) >= 11 is 0.935. The third-order valence-corrected chi connectivity index (χ3v) is 4.24. The van der Waals surface area contributed by atoms with Gasteiger partial charge < -0.3 is 24.0 Å². The van der Waals surface area contributed by atoms with Gasteiger partial charge in [0.1, 0.15) is 26.4 Å². The minimum absolute atomic E-state index is 0. The van der Waals surface area contributed by atoms with Crippen molar-refractivity contribution >= 4 is 53.0 Å². The van der Waals surface area contributed by atoms with Crippen LogP contribution in [0.2, 0.25) is 13.1 Å². The molecule has 71 valence electrons. The lowest BCUT2D eigenvalue weighted by molar-refractivity contribution is 0.448. The predicted octanol–water partition coefficient (Wildman–Crippen LogP) is -5.06. The lowest BCUT2D eigenvalue weighted by Crippen LogP contribution is -2.02. The zero-order valence-corrected chi connectivity index (χ0v) is 14.2. The van der Waals surface area contributed by atoms with Crippen molar-refractivity contribution in [1.29, 1.82) is 0 Å². The van der Waals surface area contributed by atoms with Gasteiger partial charge in [0.05, 0.1) is 0 Å². The molecule has 9 heteroatoms. The molecule has 0 spiro atoms. The first kappa shape index (κ1) is 29.5. The third-order valence-electron chi connectivity index (χ3n) is 0.471. The Kier molecular flexibility index (Phi) is 80.9. The van der Waals surface area contributed by atoms with Crippen LogP contribution in [0.1, 0.15) is 0 Å². The summed E-state index contributed by atoms with van der Waals surface area (Å²) < 4.78 is 5.03. The lowest BCUT2D eigenvalue weighted by Gasteiger charge is -1.95. The van der Waals surface area contributed by atoms with Crippen molar-refractivity contribution in [2.24, 2.45) is 0 Å². The highest BCUT2D eigenvalue weighted by molar-refractivity contribution is 6.52. The van der Waals surface area contributed by atoms with Crippen LogP contribution >= 0.6 is 0 Å². The highest BCUT2D eigenvalue weighted by atomic mass is 28.3. The van der Waals surface area contributed by atoms with Crippen LogP contribution in [0.5, 0.6) is 0 Å². The standard InChI is InChI=1S/C2H7OSi.2Al.H4O2Si.2H2O.4H/c1-4(2)3;;;1-3-2;;;;;;/h4H,1-2H3;;;1-2H,3H2;2*1H2;;;;/q-1;;+1;;;;;;;. The normalized spacial score (nSPS) is 5.91. The molecule has 0 unspecified atom stereocenters. The quantitative estimate of drug-likeness (QED) is 0.442. The summed E-state index contributed by atoms with van der Waals surface area (Å²) in [4.78, 5) is 14.5. The first-order valence-electron chi connectivity index (χ1n) is 2.43. The summed E-state index contributed by atoms with van der Waals surface area (Å²) in [5.74, 6) is 0. The Balaban J connectivity index is -0.0000000183. The monoisotopic (exact) mass is 233 g/mol. The maximum atomic E-state index is 7.26. The Bertz CT molecular complexity index is 41.7. The molecule has 5 nitrogen and oxygen atoms in total. The first-order valence-corrected chi connectivity index (χ1v) is 7.29. The molecule has 0 atom stereocenters. The Morgan fingerprint density at radius 3 is 1.36 bits per heavy atom. The highest BCUT2D eigenvalue weighted by Gasteiger charge is 1.81. The fourth-order valence-corrected chi connectivity index (χ4v) is 0.